The maximum Gasteiger partial charge on any atom is 0.249 e. The Kier molecular flexibility index (Phi) is 4.14. The molecular weight excluding hydrogens is 272 g/mol. The highest BCUT2D eigenvalue weighted by Crippen LogP contribution is 2.28. The molecule has 1 heterocycles. The van der Waals surface area contributed by atoms with Crippen molar-refractivity contribution < 1.29 is 4.79 Å². The summed E-state index contributed by atoms with van der Waals surface area (Å²) in [4.78, 5) is 14.6. The molecule has 0 saturated heterocycles. The van der Waals surface area contributed by atoms with Gasteiger partial charge in [0.25, 0.3) is 0 Å². The van der Waals surface area contributed by atoms with Gasteiger partial charge >= 0.3 is 0 Å². The van der Waals surface area contributed by atoms with E-state index in [9.17, 15) is 4.79 Å². The number of para-hydroxylation sites is 1. The van der Waals surface area contributed by atoms with Crippen molar-refractivity contribution >= 4 is 17.3 Å². The molecule has 1 aliphatic heterocycles. The van der Waals surface area contributed by atoms with Crippen LogP contribution in [-0.2, 0) is 17.6 Å². The van der Waals surface area contributed by atoms with Gasteiger partial charge < -0.3 is 10.2 Å². The first-order chi connectivity index (χ1) is 10.7. The summed E-state index contributed by atoms with van der Waals surface area (Å²) in [5.74, 6) is 0.131. The first kappa shape index (κ1) is 14.6. The van der Waals surface area contributed by atoms with E-state index in [4.69, 9.17) is 0 Å². The van der Waals surface area contributed by atoms with Gasteiger partial charge in [-0.2, -0.15) is 0 Å². The van der Waals surface area contributed by atoms with Gasteiger partial charge in [-0.1, -0.05) is 37.3 Å². The third kappa shape index (κ3) is 2.84. The molecule has 0 radical (unpaired) electrons. The first-order valence-electron chi connectivity index (χ1n) is 7.94. The Morgan fingerprint density at radius 2 is 2.05 bits per heavy atom. The number of hydrogen-bond acceptors (Lipinski definition) is 2. The van der Waals surface area contributed by atoms with Crippen molar-refractivity contribution in [3.8, 4) is 0 Å². The van der Waals surface area contributed by atoms with E-state index in [2.05, 4.69) is 30.4 Å². The zero-order valence-electron chi connectivity index (χ0n) is 13.2. The third-order valence-corrected chi connectivity index (χ3v) is 4.24. The zero-order chi connectivity index (χ0) is 15.5. The van der Waals surface area contributed by atoms with Crippen molar-refractivity contribution in [3.05, 3.63) is 59.7 Å². The minimum absolute atomic E-state index is 0.131. The standard InChI is InChI=1S/C19H22N2O/c1-3-15-7-6-9-17(13-15)20-14(2)19(22)21-12-11-16-8-4-5-10-18(16)21/h4-10,13-14,20H,3,11-12H2,1-2H3. The highest BCUT2D eigenvalue weighted by Gasteiger charge is 2.27. The van der Waals surface area contributed by atoms with Crippen LogP contribution in [0.5, 0.6) is 0 Å². The number of anilines is 2. The number of aryl methyl sites for hydroxylation is 1. The molecule has 0 bridgehead atoms. The Bertz CT molecular complexity index is 681. The molecule has 1 aliphatic rings. The topological polar surface area (TPSA) is 32.3 Å². The fraction of sp³-hybridized carbons (Fsp3) is 0.316. The van der Waals surface area contributed by atoms with Crippen LogP contribution in [0.25, 0.3) is 0 Å². The fourth-order valence-corrected chi connectivity index (χ4v) is 2.99. The van der Waals surface area contributed by atoms with E-state index in [1.54, 1.807) is 0 Å². The van der Waals surface area contributed by atoms with Gasteiger partial charge in [-0.15, -0.1) is 0 Å². The predicted octanol–water partition coefficient (Wildman–Crippen LogP) is 3.64. The molecule has 1 amide bonds. The van der Waals surface area contributed by atoms with Crippen molar-refractivity contribution in [2.45, 2.75) is 32.7 Å². The van der Waals surface area contributed by atoms with Crippen LogP contribution in [0.3, 0.4) is 0 Å². The number of hydrogen-bond donors (Lipinski definition) is 1. The molecule has 1 N–H and O–H groups in total. The van der Waals surface area contributed by atoms with Gasteiger partial charge in [0.1, 0.15) is 6.04 Å². The van der Waals surface area contributed by atoms with E-state index in [-0.39, 0.29) is 11.9 Å². The quantitative estimate of drug-likeness (QED) is 0.933. The molecule has 0 fully saturated rings. The summed E-state index contributed by atoms with van der Waals surface area (Å²) in [7, 11) is 0. The Labute approximate surface area is 132 Å². The van der Waals surface area contributed by atoms with Crippen LogP contribution in [0.4, 0.5) is 11.4 Å². The van der Waals surface area contributed by atoms with Crippen molar-refractivity contribution in [1.29, 1.82) is 0 Å². The lowest BCUT2D eigenvalue weighted by molar-refractivity contribution is -0.118. The number of rotatable bonds is 4. The fourth-order valence-electron chi connectivity index (χ4n) is 2.99. The highest BCUT2D eigenvalue weighted by atomic mass is 16.2. The van der Waals surface area contributed by atoms with Crippen LogP contribution in [0.2, 0.25) is 0 Å². The van der Waals surface area contributed by atoms with Crippen molar-refractivity contribution in [2.75, 3.05) is 16.8 Å². The molecule has 0 aromatic heterocycles. The van der Waals surface area contributed by atoms with Crippen LogP contribution in [-0.4, -0.2) is 18.5 Å². The molecule has 1 unspecified atom stereocenters. The van der Waals surface area contributed by atoms with Gasteiger partial charge in [-0.3, -0.25) is 4.79 Å². The Hall–Kier alpha value is -2.29. The largest absolute Gasteiger partial charge is 0.374 e. The van der Waals surface area contributed by atoms with Gasteiger partial charge in [-0.25, -0.2) is 0 Å². The van der Waals surface area contributed by atoms with Crippen LogP contribution in [0.1, 0.15) is 25.0 Å². The van der Waals surface area contributed by atoms with Crippen LogP contribution >= 0.6 is 0 Å². The molecule has 22 heavy (non-hydrogen) atoms. The van der Waals surface area contributed by atoms with E-state index in [0.29, 0.717) is 0 Å². The monoisotopic (exact) mass is 294 g/mol. The molecule has 2 aromatic rings. The van der Waals surface area contributed by atoms with Crippen LogP contribution < -0.4 is 10.2 Å². The van der Waals surface area contributed by atoms with Crippen molar-refractivity contribution in [3.63, 3.8) is 0 Å². The van der Waals surface area contributed by atoms with E-state index in [1.807, 2.05) is 42.2 Å². The average Bonchev–Trinajstić information content (AvgIpc) is 2.98. The molecule has 0 spiro atoms. The van der Waals surface area contributed by atoms with E-state index in [0.717, 1.165) is 30.8 Å². The second kappa shape index (κ2) is 6.22. The van der Waals surface area contributed by atoms with Gasteiger partial charge in [0, 0.05) is 17.9 Å². The maximum absolute atomic E-state index is 12.7. The predicted molar refractivity (Wildman–Crippen MR) is 91.4 cm³/mol. The number of benzene rings is 2. The Morgan fingerprint density at radius 1 is 1.23 bits per heavy atom. The van der Waals surface area contributed by atoms with Gasteiger partial charge in [0.2, 0.25) is 5.91 Å². The number of amides is 1. The normalized spacial score (nSPS) is 14.5. The lowest BCUT2D eigenvalue weighted by Crippen LogP contribution is -2.40. The van der Waals surface area contributed by atoms with Gasteiger partial charge in [0.15, 0.2) is 0 Å². The lowest BCUT2D eigenvalue weighted by atomic mass is 10.1. The highest BCUT2D eigenvalue weighted by molar-refractivity contribution is 6.00. The van der Waals surface area contributed by atoms with E-state index >= 15 is 0 Å². The van der Waals surface area contributed by atoms with E-state index in [1.165, 1.54) is 11.1 Å². The summed E-state index contributed by atoms with van der Waals surface area (Å²) in [6, 6.07) is 16.2. The van der Waals surface area contributed by atoms with E-state index < -0.39 is 0 Å². The second-order valence-corrected chi connectivity index (χ2v) is 5.79. The molecule has 0 saturated carbocycles. The summed E-state index contributed by atoms with van der Waals surface area (Å²) < 4.78 is 0. The third-order valence-electron chi connectivity index (χ3n) is 4.24. The smallest absolute Gasteiger partial charge is 0.249 e. The molecular formula is C19H22N2O. The first-order valence-corrected chi connectivity index (χ1v) is 7.94. The van der Waals surface area contributed by atoms with Gasteiger partial charge in [-0.05, 0) is 49.1 Å². The minimum Gasteiger partial charge on any atom is -0.374 e. The molecule has 2 aromatic carbocycles. The molecule has 0 aliphatic carbocycles. The van der Waals surface area contributed by atoms with Crippen molar-refractivity contribution in [2.24, 2.45) is 0 Å². The average molecular weight is 294 g/mol. The minimum atomic E-state index is -0.238. The molecule has 114 valence electrons. The molecule has 3 rings (SSSR count). The molecule has 1 atom stereocenters. The molecule has 3 heteroatoms. The van der Waals surface area contributed by atoms with Crippen LogP contribution in [0, 0.1) is 0 Å². The Balaban J connectivity index is 1.73. The van der Waals surface area contributed by atoms with Crippen molar-refractivity contribution in [1.82, 2.24) is 0 Å². The summed E-state index contributed by atoms with van der Waals surface area (Å²) in [6.45, 7) is 4.84. The number of fused-ring (bicyclic) bond motifs is 1. The number of carbonyl (C=O) groups excluding carboxylic acids is 1. The zero-order valence-corrected chi connectivity index (χ0v) is 13.2. The summed E-state index contributed by atoms with van der Waals surface area (Å²) in [5, 5.41) is 3.33. The lowest BCUT2D eigenvalue weighted by Gasteiger charge is -2.23. The summed E-state index contributed by atoms with van der Waals surface area (Å²) >= 11 is 0. The number of nitrogens with zero attached hydrogens (tertiary/aromatic N) is 1. The summed E-state index contributed by atoms with van der Waals surface area (Å²) in [5.41, 5.74) is 4.60. The number of nitrogens with one attached hydrogen (secondary N) is 1. The maximum atomic E-state index is 12.7. The Morgan fingerprint density at radius 3 is 2.86 bits per heavy atom. The molecule has 3 nitrogen and oxygen atoms in total. The summed E-state index contributed by atoms with van der Waals surface area (Å²) in [6.07, 6.45) is 1.94. The van der Waals surface area contributed by atoms with Crippen LogP contribution in [0.15, 0.2) is 48.5 Å². The van der Waals surface area contributed by atoms with Gasteiger partial charge in [0.05, 0.1) is 0 Å². The number of carbonyl (C=O) groups is 1. The second-order valence-electron chi connectivity index (χ2n) is 5.79. The SMILES string of the molecule is CCc1cccc(NC(C)C(=O)N2CCc3ccccc32)c1.